The molecule has 7 aliphatic rings. The van der Waals surface area contributed by atoms with Gasteiger partial charge in [0.25, 0.3) is 0 Å². The predicted molar refractivity (Wildman–Crippen MR) is 241 cm³/mol. The van der Waals surface area contributed by atoms with Gasteiger partial charge in [-0.05, 0) is 153 Å². The molecule has 0 radical (unpaired) electrons. The molecule has 0 unspecified atom stereocenters. The van der Waals surface area contributed by atoms with Crippen molar-refractivity contribution in [3.05, 3.63) is 47.0 Å². The number of alkyl carbamates (subject to hydrolysis) is 1. The number of nitrogens with one attached hydrogen (secondary N) is 2. The zero-order valence-electron chi connectivity index (χ0n) is 40.4. The molecule has 0 saturated heterocycles. The number of carbonyl (C=O) groups is 5. The van der Waals surface area contributed by atoms with Gasteiger partial charge in [0.1, 0.15) is 23.9 Å². The highest BCUT2D eigenvalue weighted by Gasteiger charge is 2.71. The van der Waals surface area contributed by atoms with Crippen LogP contribution in [0.5, 0.6) is 0 Å². The number of esters is 2. The van der Waals surface area contributed by atoms with Crippen LogP contribution < -0.4 is 10.6 Å². The Morgan fingerprint density at radius 2 is 1.41 bits per heavy atom. The van der Waals surface area contributed by atoms with Crippen molar-refractivity contribution in [2.45, 2.75) is 190 Å². The lowest BCUT2D eigenvalue weighted by Gasteiger charge is -2.72. The predicted octanol–water partition coefficient (Wildman–Crippen LogP) is 10.2. The van der Waals surface area contributed by atoms with Crippen LogP contribution >= 0.6 is 0 Å². The minimum Gasteiger partial charge on any atom is -0.462 e. The fraction of sp³-hybridized carbons (Fsp3) is 0.755. The average molecular weight is 869 g/mol. The van der Waals surface area contributed by atoms with Gasteiger partial charge in [-0.2, -0.15) is 0 Å². The second kappa shape index (κ2) is 15.2. The van der Waals surface area contributed by atoms with Gasteiger partial charge in [-0.15, -0.1) is 0 Å². The van der Waals surface area contributed by atoms with Gasteiger partial charge in [-0.1, -0.05) is 92.6 Å². The van der Waals surface area contributed by atoms with E-state index in [1.165, 1.54) is 5.57 Å². The normalized spacial score (nSPS) is 38.1. The fourth-order valence-electron chi connectivity index (χ4n) is 15.1. The van der Waals surface area contributed by atoms with Gasteiger partial charge in [0.15, 0.2) is 5.78 Å². The van der Waals surface area contributed by atoms with Gasteiger partial charge in [0, 0.05) is 11.8 Å². The lowest BCUT2D eigenvalue weighted by molar-refractivity contribution is -0.235. The summed E-state index contributed by atoms with van der Waals surface area (Å²) in [6, 6.07) is 9.68. The van der Waals surface area contributed by atoms with Gasteiger partial charge < -0.3 is 24.8 Å². The van der Waals surface area contributed by atoms with Crippen LogP contribution in [0.15, 0.2) is 41.5 Å². The highest BCUT2D eigenvalue weighted by Crippen LogP contribution is 2.76. The largest absolute Gasteiger partial charge is 0.462 e. The Hall–Kier alpha value is -3.69. The summed E-state index contributed by atoms with van der Waals surface area (Å²) >= 11 is 0. The van der Waals surface area contributed by atoms with Crippen molar-refractivity contribution < 1.29 is 38.2 Å². The van der Waals surface area contributed by atoms with Gasteiger partial charge in [0.2, 0.25) is 5.91 Å². The van der Waals surface area contributed by atoms with Crippen LogP contribution in [0.25, 0.3) is 0 Å². The molecule has 10 atom stereocenters. The molecule has 2 N–H and O–H groups in total. The summed E-state index contributed by atoms with van der Waals surface area (Å²) in [5.74, 6) is -0.201. The molecule has 0 heterocycles. The van der Waals surface area contributed by atoms with E-state index in [1.54, 1.807) is 0 Å². The molecule has 0 aromatic heterocycles. The first-order valence-electron chi connectivity index (χ1n) is 24.3. The van der Waals surface area contributed by atoms with Crippen molar-refractivity contribution in [2.75, 3.05) is 0 Å². The van der Waals surface area contributed by atoms with Gasteiger partial charge in [-0.25, -0.2) is 4.79 Å². The van der Waals surface area contributed by atoms with Crippen LogP contribution in [0.1, 0.15) is 166 Å². The molecule has 6 fully saturated rings. The van der Waals surface area contributed by atoms with Crippen LogP contribution in [-0.4, -0.2) is 52.5 Å². The number of benzene rings is 1. The maximum absolute atomic E-state index is 14.3. The van der Waals surface area contributed by atoms with E-state index in [1.807, 2.05) is 65.0 Å². The van der Waals surface area contributed by atoms with E-state index >= 15 is 0 Å². The topological polar surface area (TPSA) is 137 Å². The Morgan fingerprint density at radius 1 is 0.746 bits per heavy atom. The van der Waals surface area contributed by atoms with Gasteiger partial charge in [-0.3, -0.25) is 19.2 Å². The Balaban J connectivity index is 0.978. The quantitative estimate of drug-likeness (QED) is 0.185. The molecule has 346 valence electrons. The molecule has 0 bridgehead atoms. The number of ether oxygens (including phenoxy) is 3. The third-order valence-electron chi connectivity index (χ3n) is 19.0. The summed E-state index contributed by atoms with van der Waals surface area (Å²) in [7, 11) is 0. The lowest BCUT2D eigenvalue weighted by Crippen LogP contribution is -2.68. The Kier molecular flexibility index (Phi) is 11.1. The van der Waals surface area contributed by atoms with Crippen LogP contribution in [0.2, 0.25) is 0 Å². The number of hydrogen-bond donors (Lipinski definition) is 2. The van der Waals surface area contributed by atoms with Crippen LogP contribution in [0, 0.1) is 62.6 Å². The van der Waals surface area contributed by atoms with E-state index in [0.717, 1.165) is 56.1 Å². The zero-order valence-corrected chi connectivity index (χ0v) is 40.4. The number of fused-ring (bicyclic) bond motifs is 7. The van der Waals surface area contributed by atoms with Crippen molar-refractivity contribution in [3.8, 4) is 0 Å². The monoisotopic (exact) mass is 869 g/mol. The summed E-state index contributed by atoms with van der Waals surface area (Å²) in [4.78, 5) is 68.6. The summed E-state index contributed by atoms with van der Waals surface area (Å²) in [6.45, 7) is 26.1. The molecular weight excluding hydrogens is 793 g/mol. The number of rotatable bonds is 9. The number of hydrogen-bond acceptors (Lipinski definition) is 8. The van der Waals surface area contributed by atoms with Crippen molar-refractivity contribution in [1.82, 2.24) is 10.6 Å². The highest BCUT2D eigenvalue weighted by atomic mass is 16.6. The number of allylic oxidation sites excluding steroid dienone is 1. The first kappa shape index (κ1) is 45.9. The SMILES string of the molecule is CC(C)C1=C2[C@H]3CC[C@@H]4[C@@]5(C)CC[C@H](OC(=O)[C@@H]6C[C@H](C(=O)OCc7ccccc7)C6(C)C)C(C)(C)[C@@H]5CC[C@@]4(C)[C@]3(C)CC[C@@]2(NC(=O)C2(NC(=O)OC(C)(C)C)CC2)CC1=O. The molecule has 10 nitrogen and oxygen atoms in total. The summed E-state index contributed by atoms with van der Waals surface area (Å²) in [6.07, 6.45) is 8.49. The number of ketones is 1. The molecule has 1 aromatic carbocycles. The third-order valence-corrected chi connectivity index (χ3v) is 19.0. The maximum atomic E-state index is 14.3. The van der Waals surface area contributed by atoms with E-state index in [0.29, 0.717) is 37.5 Å². The molecule has 6 saturated carbocycles. The zero-order chi connectivity index (χ0) is 45.9. The molecule has 0 spiro atoms. The smallest absolute Gasteiger partial charge is 0.408 e. The Labute approximate surface area is 376 Å². The molecule has 0 aliphatic heterocycles. The summed E-state index contributed by atoms with van der Waals surface area (Å²) < 4.78 is 17.8. The molecule has 10 heteroatoms. The average Bonchev–Trinajstić information content (AvgIpc) is 3.89. The Morgan fingerprint density at radius 3 is 2.03 bits per heavy atom. The van der Waals surface area contributed by atoms with Gasteiger partial charge in [0.05, 0.1) is 17.4 Å². The maximum Gasteiger partial charge on any atom is 0.408 e. The molecule has 1 aromatic rings. The first-order valence-corrected chi connectivity index (χ1v) is 24.3. The number of Topliss-reactive ketones (excluding diaryl/α,β-unsaturated/α-hetero) is 1. The van der Waals surface area contributed by atoms with Crippen molar-refractivity contribution in [2.24, 2.45) is 62.6 Å². The molecule has 2 amide bonds. The number of carbonyl (C=O) groups excluding carboxylic acids is 5. The molecule has 8 rings (SSSR count). The van der Waals surface area contributed by atoms with E-state index in [4.69, 9.17) is 14.2 Å². The van der Waals surface area contributed by atoms with Crippen LogP contribution in [0.4, 0.5) is 4.79 Å². The highest BCUT2D eigenvalue weighted by molar-refractivity contribution is 6.03. The van der Waals surface area contributed by atoms with E-state index in [-0.39, 0.29) is 88.1 Å². The van der Waals surface area contributed by atoms with Crippen molar-refractivity contribution in [3.63, 3.8) is 0 Å². The molecule has 63 heavy (non-hydrogen) atoms. The molecule has 7 aliphatic carbocycles. The fourth-order valence-corrected chi connectivity index (χ4v) is 15.1. The van der Waals surface area contributed by atoms with Crippen molar-refractivity contribution in [1.29, 1.82) is 0 Å². The second-order valence-corrected chi connectivity index (χ2v) is 24.5. The van der Waals surface area contributed by atoms with E-state index in [2.05, 4.69) is 59.1 Å². The van der Waals surface area contributed by atoms with Crippen LogP contribution in [-0.2, 0) is 40.0 Å². The lowest BCUT2D eigenvalue weighted by atomic mass is 9.33. The van der Waals surface area contributed by atoms with Crippen molar-refractivity contribution >= 4 is 29.7 Å². The van der Waals surface area contributed by atoms with E-state index < -0.39 is 28.2 Å². The third kappa shape index (κ3) is 7.28. The summed E-state index contributed by atoms with van der Waals surface area (Å²) in [5, 5.41) is 6.39. The minimum atomic E-state index is -1.02. The second-order valence-electron chi connectivity index (χ2n) is 24.5. The molecular formula is C53H76N2O8. The first-order chi connectivity index (χ1) is 29.2. The van der Waals surface area contributed by atoms with Crippen LogP contribution in [0.3, 0.4) is 0 Å². The number of amides is 2. The minimum absolute atomic E-state index is 0.00622. The summed E-state index contributed by atoms with van der Waals surface area (Å²) in [5.41, 5.74) is -0.290. The standard InChI is InChI=1S/C53H76N2O8/c1-31(2)40-36(56)29-53(54-44(59)52(26-27-52)55-45(60)63-46(3,4)5)25-24-50(11)33(41(40)53)18-19-38-49(10)22-21-39(48(8,9)37(49)20-23-51(38,50)12)62-43(58)35-28-34(47(35,6)7)42(57)61-30-32-16-14-13-15-17-32/h13-17,31,33-35,37-39H,18-30H2,1-12H3,(H,54,59)(H,55,60)/t33-,34-,35+,37+,38-,39+,49+,50-,51-,53-/m1/s1. The van der Waals surface area contributed by atoms with E-state index in [9.17, 15) is 24.0 Å². The van der Waals surface area contributed by atoms with Gasteiger partial charge >= 0.3 is 18.0 Å². The Bertz CT molecular complexity index is 2080.